The molecule has 1 N–H and O–H groups in total. The summed E-state index contributed by atoms with van der Waals surface area (Å²) in [6.07, 6.45) is 5.84. The average Bonchev–Trinajstić information content (AvgIpc) is 2.80. The summed E-state index contributed by atoms with van der Waals surface area (Å²) in [6, 6.07) is 8.18. The van der Waals surface area contributed by atoms with Gasteiger partial charge in [-0.2, -0.15) is 0 Å². The molecule has 2 rings (SSSR count). The molecule has 2 aromatic rings. The van der Waals surface area contributed by atoms with Gasteiger partial charge in [0.25, 0.3) is 5.91 Å². The van der Waals surface area contributed by atoms with Crippen LogP contribution in [0.2, 0.25) is 0 Å². The summed E-state index contributed by atoms with van der Waals surface area (Å²) in [5.41, 5.74) is 2.93. The largest absolute Gasteiger partial charge is 0.352 e. The maximum Gasteiger partial charge on any atom is 0.251 e. The van der Waals surface area contributed by atoms with E-state index in [2.05, 4.69) is 35.9 Å². The number of fused-ring (bicyclic) bond motifs is 1. The van der Waals surface area contributed by atoms with Crippen LogP contribution in [0.5, 0.6) is 0 Å². The number of hydrogen-bond donors (Lipinski definition) is 1. The van der Waals surface area contributed by atoms with Crippen molar-refractivity contribution in [1.82, 2.24) is 9.88 Å². The molecule has 0 spiro atoms. The Labute approximate surface area is 120 Å². The first-order valence-corrected chi connectivity index (χ1v) is 7.21. The lowest BCUT2D eigenvalue weighted by Gasteiger charge is -2.07. The van der Waals surface area contributed by atoms with Crippen molar-refractivity contribution in [3.63, 3.8) is 0 Å². The van der Waals surface area contributed by atoms with E-state index in [4.69, 9.17) is 0 Å². The summed E-state index contributed by atoms with van der Waals surface area (Å²) in [7, 11) is 2.01. The molecule has 3 heteroatoms. The molecule has 0 bridgehead atoms. The minimum absolute atomic E-state index is 0.0186. The first-order valence-electron chi connectivity index (χ1n) is 7.21. The van der Waals surface area contributed by atoms with Gasteiger partial charge in [0.05, 0.1) is 0 Å². The van der Waals surface area contributed by atoms with E-state index in [0.717, 1.165) is 34.9 Å². The van der Waals surface area contributed by atoms with Crippen LogP contribution in [-0.2, 0) is 11.8 Å². The van der Waals surface area contributed by atoms with Crippen LogP contribution in [0, 0.1) is 0 Å². The molecule has 1 heterocycles. The highest BCUT2D eigenvalue weighted by Gasteiger charge is 2.16. The summed E-state index contributed by atoms with van der Waals surface area (Å²) in [4.78, 5) is 12.4. The molecular formula is C17H22N2O. The Hall–Kier alpha value is -2.03. The first-order chi connectivity index (χ1) is 9.69. The van der Waals surface area contributed by atoms with Gasteiger partial charge >= 0.3 is 0 Å². The van der Waals surface area contributed by atoms with Gasteiger partial charge < -0.3 is 9.88 Å². The van der Waals surface area contributed by atoms with Gasteiger partial charge in [0.15, 0.2) is 0 Å². The Morgan fingerprint density at radius 2 is 2.05 bits per heavy atom. The summed E-state index contributed by atoms with van der Waals surface area (Å²) < 4.78 is 2.07. The van der Waals surface area contributed by atoms with Crippen LogP contribution in [0.3, 0.4) is 0 Å². The second-order valence-corrected chi connectivity index (χ2v) is 4.95. The normalized spacial score (nSPS) is 11.8. The molecule has 20 heavy (non-hydrogen) atoms. The number of carbonyl (C=O) groups is 1. The van der Waals surface area contributed by atoms with Crippen molar-refractivity contribution >= 4 is 22.4 Å². The van der Waals surface area contributed by atoms with Gasteiger partial charge in [0.2, 0.25) is 0 Å². The van der Waals surface area contributed by atoms with Gasteiger partial charge in [0.1, 0.15) is 0 Å². The minimum Gasteiger partial charge on any atom is -0.352 e. The summed E-state index contributed by atoms with van der Waals surface area (Å²) in [5, 5.41) is 4.10. The van der Waals surface area contributed by atoms with E-state index >= 15 is 0 Å². The predicted molar refractivity (Wildman–Crippen MR) is 84.5 cm³/mol. The zero-order valence-corrected chi connectivity index (χ0v) is 12.4. The highest BCUT2D eigenvalue weighted by atomic mass is 16.1. The van der Waals surface area contributed by atoms with E-state index in [0.29, 0.717) is 6.54 Å². The topological polar surface area (TPSA) is 34.0 Å². The number of benzene rings is 1. The molecule has 106 valence electrons. The smallest absolute Gasteiger partial charge is 0.251 e. The van der Waals surface area contributed by atoms with Crippen molar-refractivity contribution in [2.45, 2.75) is 26.7 Å². The number of para-hydroxylation sites is 1. The van der Waals surface area contributed by atoms with E-state index in [9.17, 15) is 4.79 Å². The average molecular weight is 270 g/mol. The quantitative estimate of drug-likeness (QED) is 0.829. The number of hydrogen-bond acceptors (Lipinski definition) is 1. The number of nitrogens with zero attached hydrogens (tertiary/aromatic N) is 1. The van der Waals surface area contributed by atoms with Gasteiger partial charge in [-0.05, 0) is 18.9 Å². The number of rotatable bonds is 5. The van der Waals surface area contributed by atoms with Crippen molar-refractivity contribution in [3.05, 3.63) is 42.1 Å². The molecule has 3 nitrogen and oxygen atoms in total. The third-order valence-corrected chi connectivity index (χ3v) is 3.38. The van der Waals surface area contributed by atoms with Crippen molar-refractivity contribution in [1.29, 1.82) is 0 Å². The van der Waals surface area contributed by atoms with Gasteiger partial charge in [-0.1, -0.05) is 38.1 Å². The monoisotopic (exact) mass is 270 g/mol. The summed E-state index contributed by atoms with van der Waals surface area (Å²) in [6.45, 7) is 4.82. The predicted octanol–water partition coefficient (Wildman–Crippen LogP) is 3.50. The van der Waals surface area contributed by atoms with E-state index < -0.39 is 0 Å². The lowest BCUT2D eigenvalue weighted by molar-refractivity contribution is -0.115. The standard InChI is InChI=1S/C17H22N2O/c1-4-8-14(17(20)18-11-5-2)15-12-19(3)16-10-7-6-9-13(15)16/h6-10,12H,4-5,11H2,1-3H3,(H,18,20). The van der Waals surface area contributed by atoms with Crippen LogP contribution in [-0.4, -0.2) is 17.0 Å². The zero-order valence-electron chi connectivity index (χ0n) is 12.4. The summed E-state index contributed by atoms with van der Waals surface area (Å²) in [5.74, 6) is 0.0186. The molecule has 1 aromatic heterocycles. The number of aryl methyl sites for hydroxylation is 1. The third kappa shape index (κ3) is 2.77. The van der Waals surface area contributed by atoms with Crippen molar-refractivity contribution in [2.75, 3.05) is 6.54 Å². The number of aromatic nitrogens is 1. The number of nitrogens with one attached hydrogen (secondary N) is 1. The van der Waals surface area contributed by atoms with E-state index in [1.165, 1.54) is 0 Å². The zero-order chi connectivity index (χ0) is 14.5. The second kappa shape index (κ2) is 6.42. The van der Waals surface area contributed by atoms with Gasteiger partial charge in [0, 0.05) is 41.8 Å². The Bertz CT molecular complexity index is 637. The van der Waals surface area contributed by atoms with E-state index in [1.807, 2.05) is 31.5 Å². The molecular weight excluding hydrogens is 248 g/mol. The molecule has 0 radical (unpaired) electrons. The molecule has 0 saturated carbocycles. The Balaban J connectivity index is 2.48. The molecule has 1 aromatic carbocycles. The third-order valence-electron chi connectivity index (χ3n) is 3.38. The lowest BCUT2D eigenvalue weighted by atomic mass is 10.0. The van der Waals surface area contributed by atoms with Crippen molar-refractivity contribution in [2.24, 2.45) is 7.05 Å². The lowest BCUT2D eigenvalue weighted by Crippen LogP contribution is -2.25. The fourth-order valence-electron chi connectivity index (χ4n) is 2.42. The van der Waals surface area contributed by atoms with Crippen LogP contribution in [0.25, 0.3) is 16.5 Å². The molecule has 0 atom stereocenters. The van der Waals surface area contributed by atoms with Gasteiger partial charge in [-0.3, -0.25) is 4.79 Å². The Morgan fingerprint density at radius 3 is 2.75 bits per heavy atom. The Morgan fingerprint density at radius 1 is 1.30 bits per heavy atom. The molecule has 0 unspecified atom stereocenters. The fraction of sp³-hybridized carbons (Fsp3) is 0.353. The maximum absolute atomic E-state index is 12.4. The Kier molecular flexibility index (Phi) is 4.61. The molecule has 0 aliphatic heterocycles. The van der Waals surface area contributed by atoms with Crippen molar-refractivity contribution in [3.8, 4) is 0 Å². The molecule has 0 aliphatic rings. The van der Waals surface area contributed by atoms with Crippen LogP contribution in [0.15, 0.2) is 36.5 Å². The number of allylic oxidation sites excluding steroid dienone is 1. The van der Waals surface area contributed by atoms with Gasteiger partial charge in [-0.25, -0.2) is 0 Å². The van der Waals surface area contributed by atoms with Crippen LogP contribution >= 0.6 is 0 Å². The molecule has 1 amide bonds. The van der Waals surface area contributed by atoms with Crippen molar-refractivity contribution < 1.29 is 4.79 Å². The fourth-order valence-corrected chi connectivity index (χ4v) is 2.42. The minimum atomic E-state index is 0.0186. The van der Waals surface area contributed by atoms with E-state index in [1.54, 1.807) is 0 Å². The van der Waals surface area contributed by atoms with Crippen LogP contribution in [0.1, 0.15) is 32.3 Å². The molecule has 0 saturated heterocycles. The van der Waals surface area contributed by atoms with E-state index in [-0.39, 0.29) is 5.91 Å². The van der Waals surface area contributed by atoms with Gasteiger partial charge in [-0.15, -0.1) is 0 Å². The van der Waals surface area contributed by atoms with Crippen LogP contribution < -0.4 is 5.32 Å². The number of amides is 1. The summed E-state index contributed by atoms with van der Waals surface area (Å²) >= 11 is 0. The highest BCUT2D eigenvalue weighted by molar-refractivity contribution is 6.22. The highest BCUT2D eigenvalue weighted by Crippen LogP contribution is 2.27. The second-order valence-electron chi connectivity index (χ2n) is 4.95. The molecule has 0 fully saturated rings. The number of carbonyl (C=O) groups excluding carboxylic acids is 1. The van der Waals surface area contributed by atoms with Crippen LogP contribution in [0.4, 0.5) is 0 Å². The SMILES string of the molecule is CCC=C(C(=O)NCCC)c1cn(C)c2ccccc12. The maximum atomic E-state index is 12.4. The first kappa shape index (κ1) is 14.4. The molecule has 0 aliphatic carbocycles.